The van der Waals surface area contributed by atoms with Crippen LogP contribution in [0.25, 0.3) is 0 Å². The second-order valence-electron chi connectivity index (χ2n) is 4.18. The summed E-state index contributed by atoms with van der Waals surface area (Å²) >= 11 is 0. The number of aryl methyl sites for hydroxylation is 1. The number of nitrogens with zero attached hydrogens (tertiary/aromatic N) is 1. The van der Waals surface area contributed by atoms with Crippen molar-refractivity contribution in [2.75, 3.05) is 5.32 Å². The third-order valence-corrected chi connectivity index (χ3v) is 2.63. The van der Waals surface area contributed by atoms with Crippen molar-refractivity contribution < 1.29 is 18.0 Å². The van der Waals surface area contributed by atoms with Crippen molar-refractivity contribution in [3.05, 3.63) is 59.4 Å². The zero-order chi connectivity index (χ0) is 14.8. The molecular formula is C14H11F3N2O. The van der Waals surface area contributed by atoms with Gasteiger partial charge in [-0.25, -0.2) is 0 Å². The molecule has 0 spiro atoms. The number of carbonyl (C=O) groups is 1. The summed E-state index contributed by atoms with van der Waals surface area (Å²) in [5, 5.41) is 2.43. The van der Waals surface area contributed by atoms with E-state index in [4.69, 9.17) is 0 Å². The highest BCUT2D eigenvalue weighted by Crippen LogP contribution is 2.32. The van der Waals surface area contributed by atoms with Gasteiger partial charge >= 0.3 is 6.18 Å². The minimum atomic E-state index is -4.57. The van der Waals surface area contributed by atoms with Gasteiger partial charge in [-0.05, 0) is 31.2 Å². The number of benzene rings is 1. The van der Waals surface area contributed by atoms with E-state index < -0.39 is 23.2 Å². The van der Waals surface area contributed by atoms with Crippen LogP contribution in [0, 0.1) is 6.92 Å². The zero-order valence-corrected chi connectivity index (χ0v) is 10.5. The smallest absolute Gasteiger partial charge is 0.322 e. The van der Waals surface area contributed by atoms with Gasteiger partial charge in [0.05, 0.1) is 11.1 Å². The van der Waals surface area contributed by atoms with Gasteiger partial charge in [-0.1, -0.05) is 12.1 Å². The number of pyridine rings is 1. The molecule has 1 amide bonds. The number of aromatic nitrogens is 1. The lowest BCUT2D eigenvalue weighted by molar-refractivity contribution is -0.137. The third-order valence-electron chi connectivity index (χ3n) is 2.63. The molecule has 0 aliphatic carbocycles. The molecule has 0 bridgehead atoms. The Bertz CT molecular complexity index is 638. The average Bonchev–Trinajstić information content (AvgIpc) is 2.37. The molecule has 0 fully saturated rings. The van der Waals surface area contributed by atoms with Crippen molar-refractivity contribution in [3.8, 4) is 0 Å². The molecule has 1 aromatic carbocycles. The van der Waals surface area contributed by atoms with E-state index >= 15 is 0 Å². The SMILES string of the molecule is Cc1cc(NC(=O)c2ccccc2C(F)(F)F)ccn1. The molecule has 0 saturated heterocycles. The van der Waals surface area contributed by atoms with Gasteiger partial charge < -0.3 is 5.32 Å². The number of hydrogen-bond donors (Lipinski definition) is 1. The fraction of sp³-hybridized carbons (Fsp3) is 0.143. The maximum atomic E-state index is 12.8. The molecule has 3 nitrogen and oxygen atoms in total. The number of anilines is 1. The summed E-state index contributed by atoms with van der Waals surface area (Å²) in [5.74, 6) is -0.802. The van der Waals surface area contributed by atoms with Gasteiger partial charge in [0, 0.05) is 17.6 Å². The van der Waals surface area contributed by atoms with Crippen molar-refractivity contribution >= 4 is 11.6 Å². The summed E-state index contributed by atoms with van der Waals surface area (Å²) in [4.78, 5) is 15.9. The topological polar surface area (TPSA) is 42.0 Å². The van der Waals surface area contributed by atoms with Gasteiger partial charge in [0.1, 0.15) is 0 Å². The first-order valence-corrected chi connectivity index (χ1v) is 5.78. The normalized spacial score (nSPS) is 11.2. The lowest BCUT2D eigenvalue weighted by Crippen LogP contribution is -2.18. The van der Waals surface area contributed by atoms with Gasteiger partial charge in [-0.2, -0.15) is 13.2 Å². The molecule has 0 saturated carbocycles. The van der Waals surface area contributed by atoms with Gasteiger partial charge in [0.25, 0.3) is 5.91 Å². The zero-order valence-electron chi connectivity index (χ0n) is 10.5. The van der Waals surface area contributed by atoms with Crippen molar-refractivity contribution in [3.63, 3.8) is 0 Å². The van der Waals surface area contributed by atoms with Gasteiger partial charge in [-0.15, -0.1) is 0 Å². The van der Waals surface area contributed by atoms with Crippen LogP contribution in [0.1, 0.15) is 21.6 Å². The van der Waals surface area contributed by atoms with Crippen molar-refractivity contribution in [1.29, 1.82) is 0 Å². The summed E-state index contributed by atoms with van der Waals surface area (Å²) in [7, 11) is 0. The summed E-state index contributed by atoms with van der Waals surface area (Å²) in [6, 6.07) is 7.76. The molecule has 2 rings (SSSR count). The van der Waals surface area contributed by atoms with Crippen LogP contribution in [-0.4, -0.2) is 10.9 Å². The Morgan fingerprint density at radius 2 is 1.90 bits per heavy atom. The second-order valence-corrected chi connectivity index (χ2v) is 4.18. The van der Waals surface area contributed by atoms with Crippen LogP contribution in [0.4, 0.5) is 18.9 Å². The van der Waals surface area contributed by atoms with E-state index in [1.54, 1.807) is 13.0 Å². The Balaban J connectivity index is 2.31. The monoisotopic (exact) mass is 280 g/mol. The Morgan fingerprint density at radius 3 is 2.55 bits per heavy atom. The molecule has 2 aromatic rings. The van der Waals surface area contributed by atoms with E-state index in [2.05, 4.69) is 10.3 Å². The molecule has 1 heterocycles. The quantitative estimate of drug-likeness (QED) is 0.912. The Hall–Kier alpha value is -2.37. The fourth-order valence-electron chi connectivity index (χ4n) is 1.75. The second kappa shape index (κ2) is 5.32. The van der Waals surface area contributed by atoms with Crippen LogP contribution in [0.15, 0.2) is 42.6 Å². The Labute approximate surface area is 113 Å². The summed E-state index contributed by atoms with van der Waals surface area (Å²) in [5.41, 5.74) is -0.302. The summed E-state index contributed by atoms with van der Waals surface area (Å²) in [6.45, 7) is 1.72. The van der Waals surface area contributed by atoms with E-state index in [0.717, 1.165) is 12.1 Å². The highest BCUT2D eigenvalue weighted by molar-refractivity contribution is 6.05. The minimum Gasteiger partial charge on any atom is -0.322 e. The van der Waals surface area contributed by atoms with Crippen LogP contribution in [0.2, 0.25) is 0 Å². The maximum Gasteiger partial charge on any atom is 0.417 e. The van der Waals surface area contributed by atoms with Crippen LogP contribution < -0.4 is 5.32 Å². The largest absolute Gasteiger partial charge is 0.417 e. The molecule has 0 atom stereocenters. The van der Waals surface area contributed by atoms with Crippen LogP contribution in [0.5, 0.6) is 0 Å². The molecule has 0 radical (unpaired) electrons. The van der Waals surface area contributed by atoms with Crippen LogP contribution >= 0.6 is 0 Å². The number of amides is 1. The van der Waals surface area contributed by atoms with E-state index in [1.165, 1.54) is 24.4 Å². The van der Waals surface area contributed by atoms with E-state index in [9.17, 15) is 18.0 Å². The van der Waals surface area contributed by atoms with Gasteiger partial charge in [0.15, 0.2) is 0 Å². The van der Waals surface area contributed by atoms with Crippen LogP contribution in [-0.2, 0) is 6.18 Å². The number of nitrogens with one attached hydrogen (secondary N) is 1. The lowest BCUT2D eigenvalue weighted by atomic mass is 10.1. The molecule has 0 unspecified atom stereocenters. The molecule has 104 valence electrons. The average molecular weight is 280 g/mol. The van der Waals surface area contributed by atoms with Crippen molar-refractivity contribution in [2.45, 2.75) is 13.1 Å². The summed E-state index contributed by atoms with van der Waals surface area (Å²) < 4.78 is 38.5. The number of hydrogen-bond acceptors (Lipinski definition) is 2. The van der Waals surface area contributed by atoms with E-state index in [-0.39, 0.29) is 0 Å². The van der Waals surface area contributed by atoms with Gasteiger partial charge in [0.2, 0.25) is 0 Å². The Morgan fingerprint density at radius 1 is 1.20 bits per heavy atom. The molecular weight excluding hydrogens is 269 g/mol. The third kappa shape index (κ3) is 3.14. The highest BCUT2D eigenvalue weighted by atomic mass is 19.4. The number of rotatable bonds is 2. The summed E-state index contributed by atoms with van der Waals surface area (Å²) in [6.07, 6.45) is -3.09. The lowest BCUT2D eigenvalue weighted by Gasteiger charge is -2.12. The Kier molecular flexibility index (Phi) is 3.74. The standard InChI is InChI=1S/C14H11F3N2O/c1-9-8-10(6-7-18-9)19-13(20)11-4-2-3-5-12(11)14(15,16)17/h2-8H,1H3,(H,18,19,20). The van der Waals surface area contributed by atoms with E-state index in [1.807, 2.05) is 0 Å². The molecule has 1 N–H and O–H groups in total. The first-order valence-electron chi connectivity index (χ1n) is 5.78. The predicted octanol–water partition coefficient (Wildman–Crippen LogP) is 3.66. The van der Waals surface area contributed by atoms with Crippen molar-refractivity contribution in [1.82, 2.24) is 4.98 Å². The van der Waals surface area contributed by atoms with Crippen LogP contribution in [0.3, 0.4) is 0 Å². The molecule has 0 aliphatic rings. The van der Waals surface area contributed by atoms with Crippen molar-refractivity contribution in [2.24, 2.45) is 0 Å². The maximum absolute atomic E-state index is 12.8. The van der Waals surface area contributed by atoms with E-state index in [0.29, 0.717) is 11.4 Å². The number of alkyl halides is 3. The first-order chi connectivity index (χ1) is 9.38. The molecule has 20 heavy (non-hydrogen) atoms. The first kappa shape index (κ1) is 14.0. The predicted molar refractivity (Wildman–Crippen MR) is 68.4 cm³/mol. The fourth-order valence-corrected chi connectivity index (χ4v) is 1.75. The van der Waals surface area contributed by atoms with Gasteiger partial charge in [-0.3, -0.25) is 9.78 Å². The highest BCUT2D eigenvalue weighted by Gasteiger charge is 2.34. The molecule has 6 heteroatoms. The molecule has 0 aliphatic heterocycles. The molecule has 1 aromatic heterocycles. The minimum absolute atomic E-state index is 0.402. The number of halogens is 3. The number of carbonyl (C=O) groups excluding carboxylic acids is 1.